The Bertz CT molecular complexity index is 730. The number of benzene rings is 2. The van der Waals surface area contributed by atoms with Gasteiger partial charge in [-0.2, -0.15) is 13.5 Å². The van der Waals surface area contributed by atoms with Crippen molar-refractivity contribution in [2.24, 2.45) is 5.10 Å². The third kappa shape index (κ3) is 3.82. The molecule has 2 rings (SSSR count). The Morgan fingerprint density at radius 2 is 1.75 bits per heavy atom. The molecule has 1 N–H and O–H groups in total. The lowest BCUT2D eigenvalue weighted by Crippen LogP contribution is -2.18. The summed E-state index contributed by atoms with van der Waals surface area (Å²) in [6, 6.07) is 13.3. The Kier molecular flexibility index (Phi) is 4.80. The lowest BCUT2D eigenvalue weighted by atomic mass is 10.2. The van der Waals surface area contributed by atoms with Crippen molar-refractivity contribution in [2.75, 3.05) is 0 Å². The van der Waals surface area contributed by atoms with Gasteiger partial charge in [0, 0.05) is 15.1 Å². The second kappa shape index (κ2) is 6.39. The van der Waals surface area contributed by atoms with E-state index < -0.39 is 10.0 Å². The van der Waals surface area contributed by atoms with Gasteiger partial charge in [-0.25, -0.2) is 4.83 Å². The molecule has 0 spiro atoms. The molecule has 20 heavy (non-hydrogen) atoms. The number of halogens is 2. The number of nitrogens with one attached hydrogen (secondary N) is 1. The zero-order valence-electron chi connectivity index (χ0n) is 10.1. The maximum atomic E-state index is 11.9. The molecule has 0 saturated heterocycles. The van der Waals surface area contributed by atoms with Gasteiger partial charge in [-0.1, -0.05) is 45.7 Å². The van der Waals surface area contributed by atoms with Gasteiger partial charge >= 0.3 is 0 Å². The first-order valence-corrected chi connectivity index (χ1v) is 8.19. The van der Waals surface area contributed by atoms with Crippen molar-refractivity contribution in [1.29, 1.82) is 0 Å². The molecule has 0 amide bonds. The second-order valence-corrected chi connectivity index (χ2v) is 6.81. The topological polar surface area (TPSA) is 58.5 Å². The van der Waals surface area contributed by atoms with Gasteiger partial charge in [0.15, 0.2) is 0 Å². The molecule has 0 atom stereocenters. The van der Waals surface area contributed by atoms with Crippen molar-refractivity contribution in [3.63, 3.8) is 0 Å². The fourth-order valence-corrected chi connectivity index (χ4v) is 2.65. The van der Waals surface area contributed by atoms with Crippen LogP contribution in [0.1, 0.15) is 5.56 Å². The summed E-state index contributed by atoms with van der Waals surface area (Å²) in [5, 5.41) is 4.21. The van der Waals surface area contributed by atoms with Gasteiger partial charge in [0.1, 0.15) is 0 Å². The molecular formula is C13H10BrClN2O2S. The molecule has 7 heteroatoms. The van der Waals surface area contributed by atoms with Crippen LogP contribution in [0.5, 0.6) is 0 Å². The van der Waals surface area contributed by atoms with Crippen LogP contribution in [0.25, 0.3) is 0 Å². The standard InChI is InChI=1S/C13H10BrClN2O2S/c14-11-5-7-12(8-6-11)20(18,19)17-16-9-10-3-1-2-4-13(10)15/h1-9,17H. The fourth-order valence-electron chi connectivity index (χ4n) is 1.41. The highest BCUT2D eigenvalue weighted by atomic mass is 79.9. The number of rotatable bonds is 4. The van der Waals surface area contributed by atoms with E-state index in [9.17, 15) is 8.42 Å². The highest BCUT2D eigenvalue weighted by Gasteiger charge is 2.11. The summed E-state index contributed by atoms with van der Waals surface area (Å²) in [4.78, 5) is 2.27. The van der Waals surface area contributed by atoms with E-state index in [0.717, 1.165) is 4.47 Å². The Morgan fingerprint density at radius 1 is 1.10 bits per heavy atom. The van der Waals surface area contributed by atoms with Crippen LogP contribution in [0.15, 0.2) is 63.0 Å². The van der Waals surface area contributed by atoms with Crippen LogP contribution < -0.4 is 4.83 Å². The molecule has 104 valence electrons. The van der Waals surface area contributed by atoms with Gasteiger partial charge in [0.2, 0.25) is 0 Å². The van der Waals surface area contributed by atoms with E-state index in [1.807, 2.05) is 0 Å². The monoisotopic (exact) mass is 372 g/mol. The van der Waals surface area contributed by atoms with E-state index in [-0.39, 0.29) is 4.90 Å². The predicted octanol–water partition coefficient (Wildman–Crippen LogP) is 3.41. The van der Waals surface area contributed by atoms with E-state index in [0.29, 0.717) is 10.6 Å². The Labute approximate surface area is 130 Å². The summed E-state index contributed by atoms with van der Waals surface area (Å²) in [7, 11) is -3.67. The summed E-state index contributed by atoms with van der Waals surface area (Å²) in [5.74, 6) is 0. The Morgan fingerprint density at radius 3 is 2.40 bits per heavy atom. The van der Waals surface area contributed by atoms with Crippen LogP contribution in [0.3, 0.4) is 0 Å². The Hall–Kier alpha value is -1.37. The molecule has 2 aromatic rings. The van der Waals surface area contributed by atoms with Crippen molar-refractivity contribution in [3.8, 4) is 0 Å². The molecule has 0 saturated carbocycles. The van der Waals surface area contributed by atoms with Crippen LogP contribution in [0.4, 0.5) is 0 Å². The van der Waals surface area contributed by atoms with Crippen molar-refractivity contribution in [2.45, 2.75) is 4.90 Å². The molecule has 0 aromatic heterocycles. The summed E-state index contributed by atoms with van der Waals surface area (Å²) < 4.78 is 24.7. The molecule has 0 heterocycles. The molecule has 0 radical (unpaired) electrons. The van der Waals surface area contributed by atoms with E-state index in [1.165, 1.54) is 18.3 Å². The number of sulfonamides is 1. The van der Waals surface area contributed by atoms with Gasteiger partial charge < -0.3 is 0 Å². The third-order valence-corrected chi connectivity index (χ3v) is 4.52. The van der Waals surface area contributed by atoms with Crippen molar-refractivity contribution in [3.05, 3.63) is 63.6 Å². The summed E-state index contributed by atoms with van der Waals surface area (Å²) >= 11 is 9.18. The van der Waals surface area contributed by atoms with Crippen LogP contribution in [-0.2, 0) is 10.0 Å². The third-order valence-electron chi connectivity index (χ3n) is 2.41. The smallest absolute Gasteiger partial charge is 0.200 e. The minimum absolute atomic E-state index is 0.136. The molecule has 0 aliphatic carbocycles. The maximum absolute atomic E-state index is 11.9. The lowest BCUT2D eigenvalue weighted by Gasteiger charge is -2.03. The van der Waals surface area contributed by atoms with Crippen LogP contribution in [0, 0.1) is 0 Å². The molecular weight excluding hydrogens is 364 g/mol. The van der Waals surface area contributed by atoms with E-state index in [1.54, 1.807) is 36.4 Å². The van der Waals surface area contributed by atoms with Crippen LogP contribution in [-0.4, -0.2) is 14.6 Å². The highest BCUT2D eigenvalue weighted by Crippen LogP contribution is 2.15. The molecule has 0 unspecified atom stereocenters. The number of hydrogen-bond acceptors (Lipinski definition) is 3. The van der Waals surface area contributed by atoms with Gasteiger partial charge in [0.25, 0.3) is 10.0 Å². The molecule has 2 aromatic carbocycles. The van der Waals surface area contributed by atoms with Crippen LogP contribution >= 0.6 is 27.5 Å². The average Bonchev–Trinajstić information content (AvgIpc) is 2.41. The fraction of sp³-hybridized carbons (Fsp3) is 0. The normalized spacial score (nSPS) is 11.7. The molecule has 0 aliphatic heterocycles. The molecule has 0 fully saturated rings. The quantitative estimate of drug-likeness (QED) is 0.659. The van der Waals surface area contributed by atoms with E-state index in [4.69, 9.17) is 11.6 Å². The average molecular weight is 374 g/mol. The number of nitrogens with zero attached hydrogens (tertiary/aromatic N) is 1. The second-order valence-electron chi connectivity index (χ2n) is 3.83. The first kappa shape index (κ1) is 15.0. The largest absolute Gasteiger partial charge is 0.276 e. The van der Waals surface area contributed by atoms with Crippen molar-refractivity contribution in [1.82, 2.24) is 4.83 Å². The van der Waals surface area contributed by atoms with E-state index in [2.05, 4.69) is 25.9 Å². The van der Waals surface area contributed by atoms with E-state index >= 15 is 0 Å². The highest BCUT2D eigenvalue weighted by molar-refractivity contribution is 9.10. The van der Waals surface area contributed by atoms with Crippen LogP contribution in [0.2, 0.25) is 5.02 Å². The molecule has 0 bridgehead atoms. The molecule has 4 nitrogen and oxygen atoms in total. The predicted molar refractivity (Wildman–Crippen MR) is 83.5 cm³/mol. The zero-order chi connectivity index (χ0) is 14.6. The van der Waals surface area contributed by atoms with Gasteiger partial charge in [-0.3, -0.25) is 0 Å². The van der Waals surface area contributed by atoms with Crippen molar-refractivity contribution >= 4 is 43.8 Å². The minimum atomic E-state index is -3.67. The maximum Gasteiger partial charge on any atom is 0.276 e. The summed E-state index contributed by atoms with van der Waals surface area (Å²) in [6.45, 7) is 0. The summed E-state index contributed by atoms with van der Waals surface area (Å²) in [5.41, 5.74) is 0.632. The molecule has 0 aliphatic rings. The number of hydrazone groups is 1. The zero-order valence-corrected chi connectivity index (χ0v) is 13.3. The van der Waals surface area contributed by atoms with Gasteiger partial charge in [0.05, 0.1) is 11.1 Å². The Balaban J connectivity index is 2.14. The van der Waals surface area contributed by atoms with Crippen molar-refractivity contribution < 1.29 is 8.42 Å². The van der Waals surface area contributed by atoms with Gasteiger partial charge in [-0.15, -0.1) is 0 Å². The first-order chi connectivity index (χ1) is 9.49. The van der Waals surface area contributed by atoms with Gasteiger partial charge in [-0.05, 0) is 30.3 Å². The number of hydrogen-bond donors (Lipinski definition) is 1. The summed E-state index contributed by atoms with van der Waals surface area (Å²) in [6.07, 6.45) is 1.36. The minimum Gasteiger partial charge on any atom is -0.200 e. The SMILES string of the molecule is O=S(=O)(NN=Cc1ccccc1Cl)c1ccc(Br)cc1. The first-order valence-electron chi connectivity index (χ1n) is 5.54. The lowest BCUT2D eigenvalue weighted by molar-refractivity contribution is 0.584.